The second-order valence-corrected chi connectivity index (χ2v) is 4.70. The second kappa shape index (κ2) is 5.85. The zero-order chi connectivity index (χ0) is 11.3. The second-order valence-electron chi connectivity index (χ2n) is 3.40. The van der Waals surface area contributed by atoms with E-state index in [1.165, 1.54) is 0 Å². The van der Waals surface area contributed by atoms with Gasteiger partial charge in [0.1, 0.15) is 0 Å². The van der Waals surface area contributed by atoms with Crippen molar-refractivity contribution in [2.75, 3.05) is 6.54 Å². The van der Waals surface area contributed by atoms with E-state index in [0.717, 1.165) is 12.1 Å². The Labute approximate surface area is 98.4 Å². The number of carbonyl (C=O) groups excluding carboxylic acids is 1. The highest BCUT2D eigenvalue weighted by Gasteiger charge is 2.07. The third kappa shape index (κ3) is 4.00. The van der Waals surface area contributed by atoms with Gasteiger partial charge in [-0.2, -0.15) is 0 Å². The van der Waals surface area contributed by atoms with Gasteiger partial charge in [-0.15, -0.1) is 0 Å². The molecule has 1 N–H and O–H groups in total. The maximum atomic E-state index is 11.6. The van der Waals surface area contributed by atoms with E-state index < -0.39 is 0 Å². The molecule has 1 unspecified atom stereocenters. The number of hydrogen-bond acceptors (Lipinski definition) is 2. The van der Waals surface area contributed by atoms with Crippen molar-refractivity contribution in [1.29, 1.82) is 0 Å². The van der Waals surface area contributed by atoms with Crippen LogP contribution in [0.4, 0.5) is 0 Å². The van der Waals surface area contributed by atoms with E-state index in [4.69, 9.17) is 0 Å². The van der Waals surface area contributed by atoms with Gasteiger partial charge in [-0.05, 0) is 25.5 Å². The van der Waals surface area contributed by atoms with Gasteiger partial charge in [-0.3, -0.25) is 9.78 Å². The molecule has 3 nitrogen and oxygen atoms in total. The number of nitrogens with zero attached hydrogens (tertiary/aromatic N) is 1. The maximum Gasteiger partial charge on any atom is 0.252 e. The molecule has 0 aromatic carbocycles. The van der Waals surface area contributed by atoms with Gasteiger partial charge in [0.2, 0.25) is 0 Å². The molecule has 0 aliphatic rings. The van der Waals surface area contributed by atoms with Crippen LogP contribution in [0.1, 0.15) is 29.4 Å². The van der Waals surface area contributed by atoms with Gasteiger partial charge in [0.25, 0.3) is 5.91 Å². The van der Waals surface area contributed by atoms with E-state index in [-0.39, 0.29) is 5.91 Å². The largest absolute Gasteiger partial charge is 0.351 e. The van der Waals surface area contributed by atoms with Crippen LogP contribution in [0.2, 0.25) is 0 Å². The van der Waals surface area contributed by atoms with Gasteiger partial charge in [0.15, 0.2) is 0 Å². The number of pyridine rings is 1. The van der Waals surface area contributed by atoms with Crippen molar-refractivity contribution in [3.05, 3.63) is 29.6 Å². The third-order valence-corrected chi connectivity index (χ3v) is 3.07. The van der Waals surface area contributed by atoms with Gasteiger partial charge >= 0.3 is 0 Å². The van der Waals surface area contributed by atoms with Crippen molar-refractivity contribution in [2.45, 2.75) is 25.1 Å². The van der Waals surface area contributed by atoms with Crippen molar-refractivity contribution in [2.24, 2.45) is 0 Å². The minimum Gasteiger partial charge on any atom is -0.351 e. The van der Waals surface area contributed by atoms with Crippen LogP contribution in [0.25, 0.3) is 0 Å². The molecular formula is C11H15BrN2O. The summed E-state index contributed by atoms with van der Waals surface area (Å²) in [6.07, 6.45) is 2.59. The summed E-state index contributed by atoms with van der Waals surface area (Å²) < 4.78 is 0. The summed E-state index contributed by atoms with van der Waals surface area (Å²) in [5.74, 6) is -0.0691. The topological polar surface area (TPSA) is 42.0 Å². The lowest BCUT2D eigenvalue weighted by atomic mass is 10.2. The van der Waals surface area contributed by atoms with Gasteiger partial charge in [0.05, 0.1) is 5.56 Å². The summed E-state index contributed by atoms with van der Waals surface area (Å²) in [6.45, 7) is 4.61. The predicted octanol–water partition coefficient (Wildman–Crippen LogP) is 2.29. The summed E-state index contributed by atoms with van der Waals surface area (Å²) in [4.78, 5) is 16.0. The molecule has 0 bridgehead atoms. The number of alkyl halides is 1. The van der Waals surface area contributed by atoms with Crippen molar-refractivity contribution in [3.63, 3.8) is 0 Å². The Hall–Kier alpha value is -0.900. The first-order valence-corrected chi connectivity index (χ1v) is 5.90. The first-order valence-electron chi connectivity index (χ1n) is 4.98. The zero-order valence-corrected chi connectivity index (χ0v) is 10.5. The summed E-state index contributed by atoms with van der Waals surface area (Å²) in [6, 6.07) is 3.62. The Balaban J connectivity index is 2.50. The summed E-state index contributed by atoms with van der Waals surface area (Å²) in [5, 5.41) is 2.84. The number of hydrogen-bond donors (Lipinski definition) is 1. The monoisotopic (exact) mass is 270 g/mol. The van der Waals surface area contributed by atoms with Crippen molar-refractivity contribution < 1.29 is 4.79 Å². The maximum absolute atomic E-state index is 11.6. The van der Waals surface area contributed by atoms with Crippen LogP contribution in [-0.2, 0) is 0 Å². The number of carbonyl (C=O) groups is 1. The minimum absolute atomic E-state index is 0.0691. The fourth-order valence-corrected chi connectivity index (χ4v) is 1.21. The van der Waals surface area contributed by atoms with Crippen LogP contribution >= 0.6 is 15.9 Å². The lowest BCUT2D eigenvalue weighted by Crippen LogP contribution is -2.29. The third-order valence-electron chi connectivity index (χ3n) is 2.10. The van der Waals surface area contributed by atoms with Crippen LogP contribution in [0.3, 0.4) is 0 Å². The van der Waals surface area contributed by atoms with Crippen molar-refractivity contribution in [3.8, 4) is 0 Å². The highest BCUT2D eigenvalue weighted by Crippen LogP contribution is 2.03. The summed E-state index contributed by atoms with van der Waals surface area (Å²) in [5.41, 5.74) is 1.52. The molecular weight excluding hydrogens is 256 g/mol. The zero-order valence-electron chi connectivity index (χ0n) is 8.96. The van der Waals surface area contributed by atoms with E-state index in [1.54, 1.807) is 12.3 Å². The van der Waals surface area contributed by atoms with E-state index in [2.05, 4.69) is 33.2 Å². The Bertz CT molecular complexity index is 324. The van der Waals surface area contributed by atoms with E-state index in [0.29, 0.717) is 16.9 Å². The summed E-state index contributed by atoms with van der Waals surface area (Å²) in [7, 11) is 0. The molecule has 0 spiro atoms. The highest BCUT2D eigenvalue weighted by atomic mass is 79.9. The van der Waals surface area contributed by atoms with Gasteiger partial charge < -0.3 is 5.32 Å². The fraction of sp³-hybridized carbons (Fsp3) is 0.455. The van der Waals surface area contributed by atoms with Gasteiger partial charge in [-0.25, -0.2) is 0 Å². The predicted molar refractivity (Wildman–Crippen MR) is 64.3 cm³/mol. The molecule has 15 heavy (non-hydrogen) atoms. The van der Waals surface area contributed by atoms with Crippen LogP contribution in [0.15, 0.2) is 18.3 Å². The minimum atomic E-state index is -0.0691. The fourth-order valence-electron chi connectivity index (χ4n) is 1.05. The molecule has 0 saturated heterocycles. The molecule has 1 heterocycles. The van der Waals surface area contributed by atoms with E-state index in [1.807, 2.05) is 13.0 Å². The number of rotatable bonds is 4. The van der Waals surface area contributed by atoms with Crippen LogP contribution in [0, 0.1) is 6.92 Å². The SMILES string of the molecule is CCC(Br)CNC(=O)c1ccc(C)nc1. The molecule has 0 aliphatic heterocycles. The Morgan fingerprint density at radius 1 is 1.60 bits per heavy atom. The van der Waals surface area contributed by atoms with Gasteiger partial charge in [-0.1, -0.05) is 22.9 Å². The molecule has 4 heteroatoms. The lowest BCUT2D eigenvalue weighted by Gasteiger charge is -2.08. The molecule has 0 saturated carbocycles. The molecule has 1 aromatic heterocycles. The molecule has 1 amide bonds. The molecule has 0 radical (unpaired) electrons. The molecule has 0 fully saturated rings. The van der Waals surface area contributed by atoms with Crippen molar-refractivity contribution in [1.82, 2.24) is 10.3 Å². The first-order chi connectivity index (χ1) is 7.13. The van der Waals surface area contributed by atoms with Crippen LogP contribution in [-0.4, -0.2) is 22.3 Å². The first kappa shape index (κ1) is 12.2. The summed E-state index contributed by atoms with van der Waals surface area (Å²) >= 11 is 3.46. The lowest BCUT2D eigenvalue weighted by molar-refractivity contribution is 0.0953. The van der Waals surface area contributed by atoms with Crippen LogP contribution in [0.5, 0.6) is 0 Å². The molecule has 0 aliphatic carbocycles. The Kier molecular flexibility index (Phi) is 4.75. The molecule has 82 valence electrons. The van der Waals surface area contributed by atoms with Gasteiger partial charge in [0, 0.05) is 23.3 Å². The van der Waals surface area contributed by atoms with Crippen molar-refractivity contribution >= 4 is 21.8 Å². The number of amides is 1. The number of aromatic nitrogens is 1. The smallest absolute Gasteiger partial charge is 0.252 e. The number of aryl methyl sites for hydroxylation is 1. The van der Waals surface area contributed by atoms with E-state index >= 15 is 0 Å². The average molecular weight is 271 g/mol. The van der Waals surface area contributed by atoms with E-state index in [9.17, 15) is 4.79 Å². The van der Waals surface area contributed by atoms with Crippen LogP contribution < -0.4 is 5.32 Å². The highest BCUT2D eigenvalue weighted by molar-refractivity contribution is 9.09. The Morgan fingerprint density at radius 3 is 2.87 bits per heavy atom. The number of nitrogens with one attached hydrogen (secondary N) is 1. The standard InChI is InChI=1S/C11H15BrN2O/c1-3-10(12)7-14-11(15)9-5-4-8(2)13-6-9/h4-6,10H,3,7H2,1-2H3,(H,14,15). The Morgan fingerprint density at radius 2 is 2.33 bits per heavy atom. The normalized spacial score (nSPS) is 12.2. The molecule has 1 rings (SSSR count). The molecule has 1 aromatic rings. The number of halogens is 1. The molecule has 1 atom stereocenters. The average Bonchev–Trinajstić information content (AvgIpc) is 2.26. The quantitative estimate of drug-likeness (QED) is 0.854.